The Labute approximate surface area is 113 Å². The van der Waals surface area contributed by atoms with Crippen molar-refractivity contribution in [2.75, 3.05) is 18.4 Å². The summed E-state index contributed by atoms with van der Waals surface area (Å²) < 4.78 is 4.92. The van der Waals surface area contributed by atoms with E-state index in [4.69, 9.17) is 10.5 Å². The first-order valence-electron chi connectivity index (χ1n) is 4.45. The van der Waals surface area contributed by atoms with Crippen molar-refractivity contribution in [2.24, 2.45) is 5.73 Å². The van der Waals surface area contributed by atoms with Crippen molar-refractivity contribution in [3.63, 3.8) is 0 Å². The molecule has 0 spiro atoms. The quantitative estimate of drug-likeness (QED) is 0.352. The van der Waals surface area contributed by atoms with Crippen molar-refractivity contribution in [3.8, 4) is 5.75 Å². The van der Waals surface area contributed by atoms with Gasteiger partial charge in [0.25, 0.3) is 0 Å². The van der Waals surface area contributed by atoms with E-state index >= 15 is 0 Å². The van der Waals surface area contributed by atoms with E-state index in [1.165, 1.54) is 6.92 Å². The van der Waals surface area contributed by atoms with Gasteiger partial charge in [0.05, 0.1) is 0 Å². The van der Waals surface area contributed by atoms with E-state index in [-0.39, 0.29) is 37.0 Å². The number of hydrogen-bond donors (Lipinski definition) is 2. The molecule has 0 bridgehead atoms. The molecule has 1 rings (SSSR count). The summed E-state index contributed by atoms with van der Waals surface area (Å²) in [6, 6.07) is 7.20. The van der Waals surface area contributed by atoms with Gasteiger partial charge < -0.3 is 17.2 Å². The van der Waals surface area contributed by atoms with Crippen LogP contribution in [0.4, 0.5) is 5.69 Å². The molecular formula is C10H15N2NaO2. The van der Waals surface area contributed by atoms with Crippen LogP contribution in [-0.2, 0) is 4.79 Å². The number of nitrogens with one attached hydrogen (secondary N) is 1. The van der Waals surface area contributed by atoms with Crippen molar-refractivity contribution in [2.45, 2.75) is 6.92 Å². The fourth-order valence-corrected chi connectivity index (χ4v) is 1.05. The maximum atomic E-state index is 10.7. The molecule has 0 aliphatic rings. The molecule has 0 aliphatic heterocycles. The van der Waals surface area contributed by atoms with Gasteiger partial charge in [-0.05, 0) is 12.1 Å². The summed E-state index contributed by atoms with van der Waals surface area (Å²) in [5, 5.41) is 3.09. The number of carbonyl (C=O) groups is 1. The fourth-order valence-electron chi connectivity index (χ4n) is 1.05. The second kappa shape index (κ2) is 7.70. The first kappa shape index (κ1) is 14.5. The largest absolute Gasteiger partial charge is 1.00 e. The third-order valence-electron chi connectivity index (χ3n) is 1.57. The van der Waals surface area contributed by atoms with Crippen LogP contribution in [0.3, 0.4) is 0 Å². The number of rotatable bonds is 4. The van der Waals surface area contributed by atoms with Gasteiger partial charge >= 0.3 is 35.5 Å². The Morgan fingerprint density at radius 3 is 2.93 bits per heavy atom. The van der Waals surface area contributed by atoms with Gasteiger partial charge in [0.2, 0.25) is 0 Å². The predicted molar refractivity (Wildman–Crippen MR) is 56.4 cm³/mol. The van der Waals surface area contributed by atoms with E-state index in [1.807, 2.05) is 12.1 Å². The van der Waals surface area contributed by atoms with Crippen LogP contribution in [0.15, 0.2) is 24.3 Å². The Kier molecular flexibility index (Phi) is 7.42. The molecule has 0 radical (unpaired) electrons. The summed E-state index contributed by atoms with van der Waals surface area (Å²) in [6.45, 7) is 2.64. The van der Waals surface area contributed by atoms with E-state index < -0.39 is 0 Å². The van der Waals surface area contributed by atoms with Crippen LogP contribution in [0.1, 0.15) is 8.35 Å². The topological polar surface area (TPSA) is 64.3 Å². The third kappa shape index (κ3) is 5.79. The number of benzene rings is 1. The van der Waals surface area contributed by atoms with Crippen LogP contribution in [0.2, 0.25) is 0 Å². The van der Waals surface area contributed by atoms with Crippen LogP contribution in [-0.4, -0.2) is 19.1 Å². The molecule has 0 unspecified atom stereocenters. The van der Waals surface area contributed by atoms with Crippen LogP contribution in [0.5, 0.6) is 5.75 Å². The average Bonchev–Trinajstić information content (AvgIpc) is 2.14. The number of esters is 1. The molecule has 5 heteroatoms. The summed E-state index contributed by atoms with van der Waals surface area (Å²) in [4.78, 5) is 10.7. The molecule has 0 saturated carbocycles. The Morgan fingerprint density at radius 2 is 2.33 bits per heavy atom. The monoisotopic (exact) mass is 218 g/mol. The van der Waals surface area contributed by atoms with E-state index in [2.05, 4.69) is 5.32 Å². The Bertz CT molecular complexity index is 323. The van der Waals surface area contributed by atoms with Gasteiger partial charge in [0, 0.05) is 31.8 Å². The van der Waals surface area contributed by atoms with Gasteiger partial charge in [-0.25, -0.2) is 0 Å². The van der Waals surface area contributed by atoms with Gasteiger partial charge in [0.15, 0.2) is 0 Å². The van der Waals surface area contributed by atoms with Gasteiger partial charge in [-0.2, -0.15) is 0 Å². The Hall–Kier alpha value is -0.550. The zero-order valence-corrected chi connectivity index (χ0v) is 11.1. The van der Waals surface area contributed by atoms with Crippen LogP contribution in [0.25, 0.3) is 0 Å². The standard InChI is InChI=1S/C10H14N2O2.Na.H/c1-8(13)14-10-4-2-3-9(7-10)12-6-5-11;;/h2-4,7,12H,5-6,11H2,1H3;;/q;+1;-1. The molecule has 0 heterocycles. The molecule has 0 atom stereocenters. The van der Waals surface area contributed by atoms with Gasteiger partial charge in [0.1, 0.15) is 5.75 Å². The van der Waals surface area contributed by atoms with E-state index in [0.29, 0.717) is 18.8 Å². The second-order valence-corrected chi connectivity index (χ2v) is 2.84. The zero-order chi connectivity index (χ0) is 10.4. The summed E-state index contributed by atoms with van der Waals surface area (Å²) >= 11 is 0. The van der Waals surface area contributed by atoms with Crippen molar-refractivity contribution in [1.29, 1.82) is 0 Å². The number of carbonyl (C=O) groups excluding carboxylic acids is 1. The number of hydrogen-bond acceptors (Lipinski definition) is 4. The maximum absolute atomic E-state index is 10.7. The SMILES string of the molecule is CC(=O)Oc1cccc(NCCN)c1.[H-].[Na+]. The average molecular weight is 218 g/mol. The van der Waals surface area contributed by atoms with E-state index in [9.17, 15) is 4.79 Å². The second-order valence-electron chi connectivity index (χ2n) is 2.84. The van der Waals surface area contributed by atoms with Gasteiger partial charge in [-0.1, -0.05) is 6.07 Å². The molecule has 0 saturated heterocycles. The van der Waals surface area contributed by atoms with E-state index in [1.54, 1.807) is 12.1 Å². The summed E-state index contributed by atoms with van der Waals surface area (Å²) in [6.07, 6.45) is 0. The van der Waals surface area contributed by atoms with Crippen LogP contribution < -0.4 is 45.3 Å². The molecule has 15 heavy (non-hydrogen) atoms. The molecule has 3 N–H and O–H groups in total. The first-order chi connectivity index (χ1) is 6.72. The maximum Gasteiger partial charge on any atom is 1.00 e. The molecule has 1 aromatic carbocycles. The van der Waals surface area contributed by atoms with Crippen LogP contribution >= 0.6 is 0 Å². The molecule has 0 aliphatic carbocycles. The molecule has 0 aromatic heterocycles. The molecular weight excluding hydrogens is 203 g/mol. The number of nitrogens with two attached hydrogens (primary N) is 1. The van der Waals surface area contributed by atoms with Gasteiger partial charge in [-0.15, -0.1) is 0 Å². The minimum Gasteiger partial charge on any atom is -1.00 e. The van der Waals surface area contributed by atoms with Crippen molar-refractivity contribution < 1.29 is 40.5 Å². The van der Waals surface area contributed by atoms with Crippen LogP contribution in [0, 0.1) is 0 Å². The minimum absolute atomic E-state index is 0. The molecule has 78 valence electrons. The zero-order valence-electron chi connectivity index (χ0n) is 10.1. The van der Waals surface area contributed by atoms with E-state index in [0.717, 1.165) is 5.69 Å². The molecule has 1 aromatic rings. The van der Waals surface area contributed by atoms with Crippen molar-refractivity contribution in [3.05, 3.63) is 24.3 Å². The number of anilines is 1. The summed E-state index contributed by atoms with van der Waals surface area (Å²) in [5.41, 5.74) is 6.24. The predicted octanol–water partition coefficient (Wildman–Crippen LogP) is -1.90. The molecule has 0 amide bonds. The van der Waals surface area contributed by atoms with Gasteiger partial charge in [-0.3, -0.25) is 4.79 Å². The Balaban J connectivity index is 0. The first-order valence-corrected chi connectivity index (χ1v) is 4.45. The third-order valence-corrected chi connectivity index (χ3v) is 1.57. The Morgan fingerprint density at radius 1 is 1.60 bits per heavy atom. The minimum atomic E-state index is -0.319. The normalized spacial score (nSPS) is 8.93. The smallest absolute Gasteiger partial charge is 1.00 e. The summed E-state index contributed by atoms with van der Waals surface area (Å²) in [5.74, 6) is 0.223. The summed E-state index contributed by atoms with van der Waals surface area (Å²) in [7, 11) is 0. The molecule has 4 nitrogen and oxygen atoms in total. The van der Waals surface area contributed by atoms with Crippen molar-refractivity contribution in [1.82, 2.24) is 0 Å². The van der Waals surface area contributed by atoms with Crippen molar-refractivity contribution >= 4 is 11.7 Å². The fraction of sp³-hybridized carbons (Fsp3) is 0.300. The molecule has 0 fully saturated rings. The number of ether oxygens (including phenoxy) is 1.